The number of aryl methyl sites for hydroxylation is 1. The summed E-state index contributed by atoms with van der Waals surface area (Å²) in [7, 11) is 0. The van der Waals surface area contributed by atoms with E-state index in [1.54, 1.807) is 25.1 Å². The summed E-state index contributed by atoms with van der Waals surface area (Å²) in [4.78, 5) is 23.7. The molecule has 0 fully saturated rings. The highest BCUT2D eigenvalue weighted by molar-refractivity contribution is 9.10. The highest BCUT2D eigenvalue weighted by Crippen LogP contribution is 2.24. The molecular weight excluding hydrogens is 450 g/mol. The molecule has 0 bridgehead atoms. The van der Waals surface area contributed by atoms with E-state index >= 15 is 0 Å². The van der Waals surface area contributed by atoms with Gasteiger partial charge in [0, 0.05) is 23.4 Å². The Bertz CT molecular complexity index is 1120. The number of primary amides is 1. The summed E-state index contributed by atoms with van der Waals surface area (Å²) in [6, 6.07) is 8.11. The van der Waals surface area contributed by atoms with Gasteiger partial charge < -0.3 is 19.5 Å². The van der Waals surface area contributed by atoms with Crippen LogP contribution in [0, 0.1) is 18.6 Å². The first-order valence-electron chi connectivity index (χ1n) is 8.57. The van der Waals surface area contributed by atoms with E-state index < -0.39 is 17.5 Å². The Hall–Kier alpha value is -2.94. The molecule has 2 aromatic heterocycles. The Balaban J connectivity index is 1.79. The van der Waals surface area contributed by atoms with Gasteiger partial charge in [0.15, 0.2) is 0 Å². The fraction of sp³-hybridized carbons (Fsp3) is 0.200. The van der Waals surface area contributed by atoms with E-state index in [0.29, 0.717) is 17.2 Å². The maximum atomic E-state index is 13.8. The van der Waals surface area contributed by atoms with Crippen molar-refractivity contribution in [1.29, 1.82) is 0 Å². The topological polar surface area (TPSA) is 87.5 Å². The molecule has 9 heteroatoms. The van der Waals surface area contributed by atoms with Crippen LogP contribution in [0.1, 0.15) is 22.8 Å². The van der Waals surface area contributed by atoms with Crippen LogP contribution in [0.3, 0.4) is 0 Å². The summed E-state index contributed by atoms with van der Waals surface area (Å²) in [5, 5.41) is 0. The molecule has 2 N–H and O–H groups in total. The SMILES string of the molecule is Cc1cc(OCc2ccc(F)cc2F)c(Br)c(=O)n1Cc1ccc(CC(N)=O)o1. The van der Waals surface area contributed by atoms with Crippen molar-refractivity contribution in [3.63, 3.8) is 0 Å². The average Bonchev–Trinajstić information content (AvgIpc) is 3.08. The Morgan fingerprint density at radius 3 is 2.62 bits per heavy atom. The monoisotopic (exact) mass is 466 g/mol. The Morgan fingerprint density at radius 1 is 1.21 bits per heavy atom. The van der Waals surface area contributed by atoms with Crippen molar-refractivity contribution in [3.8, 4) is 5.75 Å². The molecule has 3 aromatic rings. The first-order valence-corrected chi connectivity index (χ1v) is 9.36. The van der Waals surface area contributed by atoms with Crippen LogP contribution in [0.25, 0.3) is 0 Å². The first-order chi connectivity index (χ1) is 13.7. The molecule has 29 heavy (non-hydrogen) atoms. The number of ether oxygens (including phenoxy) is 1. The van der Waals surface area contributed by atoms with Crippen LogP contribution in [-0.2, 0) is 24.4 Å². The van der Waals surface area contributed by atoms with Crippen molar-refractivity contribution in [3.05, 3.63) is 85.6 Å². The molecule has 0 saturated heterocycles. The molecule has 0 spiro atoms. The van der Waals surface area contributed by atoms with Gasteiger partial charge in [-0.25, -0.2) is 8.78 Å². The molecule has 152 valence electrons. The van der Waals surface area contributed by atoms with Gasteiger partial charge in [-0.15, -0.1) is 0 Å². The van der Waals surface area contributed by atoms with Crippen molar-refractivity contribution < 1.29 is 22.7 Å². The van der Waals surface area contributed by atoms with Gasteiger partial charge in [-0.05, 0) is 47.1 Å². The number of nitrogens with two attached hydrogens (primary N) is 1. The largest absolute Gasteiger partial charge is 0.487 e. The number of rotatable bonds is 7. The Labute approximate surface area is 173 Å². The number of amides is 1. The van der Waals surface area contributed by atoms with E-state index in [2.05, 4.69) is 15.9 Å². The fourth-order valence-corrected chi connectivity index (χ4v) is 3.18. The van der Waals surface area contributed by atoms with Crippen LogP contribution in [0.5, 0.6) is 5.75 Å². The normalized spacial score (nSPS) is 10.9. The standard InChI is InChI=1S/C20H17BrF2N2O4/c1-11-6-17(28-10-12-2-3-13(22)7-16(12)23)19(21)20(27)25(11)9-15-5-4-14(29-15)8-18(24)26/h2-7H,8-10H2,1H3,(H2,24,26). The van der Waals surface area contributed by atoms with E-state index in [0.717, 1.165) is 12.1 Å². The second-order valence-electron chi connectivity index (χ2n) is 6.39. The smallest absolute Gasteiger partial charge is 0.269 e. The number of carbonyl (C=O) groups is 1. The van der Waals surface area contributed by atoms with Crippen molar-refractivity contribution >= 4 is 21.8 Å². The van der Waals surface area contributed by atoms with Crippen molar-refractivity contribution in [2.75, 3.05) is 0 Å². The summed E-state index contributed by atoms with van der Waals surface area (Å²) in [6.45, 7) is 1.70. The van der Waals surface area contributed by atoms with E-state index in [-0.39, 0.29) is 40.9 Å². The number of hydrogen-bond acceptors (Lipinski definition) is 4. The summed E-state index contributed by atoms with van der Waals surface area (Å²) in [5.41, 5.74) is 5.52. The zero-order valence-electron chi connectivity index (χ0n) is 15.4. The zero-order valence-corrected chi connectivity index (χ0v) is 17.0. The lowest BCUT2D eigenvalue weighted by molar-refractivity contribution is -0.117. The van der Waals surface area contributed by atoms with Crippen LogP contribution < -0.4 is 16.0 Å². The molecule has 6 nitrogen and oxygen atoms in total. The van der Waals surface area contributed by atoms with E-state index in [4.69, 9.17) is 14.9 Å². The van der Waals surface area contributed by atoms with Crippen LogP contribution in [0.4, 0.5) is 8.78 Å². The summed E-state index contributed by atoms with van der Waals surface area (Å²) in [5.74, 6) is -0.778. The molecular formula is C20H17BrF2N2O4. The minimum atomic E-state index is -0.726. The number of pyridine rings is 1. The summed E-state index contributed by atoms with van der Waals surface area (Å²) < 4.78 is 39.5. The lowest BCUT2D eigenvalue weighted by atomic mass is 10.2. The number of halogens is 3. The van der Waals surface area contributed by atoms with Crippen molar-refractivity contribution in [2.45, 2.75) is 26.5 Å². The zero-order chi connectivity index (χ0) is 21.1. The lowest BCUT2D eigenvalue weighted by Gasteiger charge is -2.14. The highest BCUT2D eigenvalue weighted by atomic mass is 79.9. The predicted molar refractivity (Wildman–Crippen MR) is 105 cm³/mol. The number of nitrogens with zero attached hydrogens (tertiary/aromatic N) is 1. The number of aromatic nitrogens is 1. The first kappa shape index (κ1) is 20.8. The van der Waals surface area contributed by atoms with Gasteiger partial charge in [-0.1, -0.05) is 0 Å². The molecule has 3 rings (SSSR count). The third-order valence-electron chi connectivity index (χ3n) is 4.19. The molecule has 1 aromatic carbocycles. The van der Waals surface area contributed by atoms with Gasteiger partial charge in [-0.3, -0.25) is 9.59 Å². The van der Waals surface area contributed by atoms with Gasteiger partial charge in [-0.2, -0.15) is 0 Å². The molecule has 0 aliphatic carbocycles. The van der Waals surface area contributed by atoms with Crippen LogP contribution in [-0.4, -0.2) is 10.5 Å². The minimum absolute atomic E-state index is 0.0235. The molecule has 1 amide bonds. The van der Waals surface area contributed by atoms with E-state index in [1.165, 1.54) is 10.6 Å². The fourth-order valence-electron chi connectivity index (χ4n) is 2.74. The number of furan rings is 1. The Morgan fingerprint density at radius 2 is 1.93 bits per heavy atom. The molecule has 2 heterocycles. The van der Waals surface area contributed by atoms with Crippen molar-refractivity contribution in [1.82, 2.24) is 4.57 Å². The van der Waals surface area contributed by atoms with Gasteiger partial charge in [0.2, 0.25) is 5.91 Å². The van der Waals surface area contributed by atoms with Crippen LogP contribution in [0.2, 0.25) is 0 Å². The number of hydrogen-bond donors (Lipinski definition) is 1. The molecule has 0 unspecified atom stereocenters. The van der Waals surface area contributed by atoms with Gasteiger partial charge >= 0.3 is 0 Å². The van der Waals surface area contributed by atoms with Crippen molar-refractivity contribution in [2.24, 2.45) is 5.73 Å². The number of benzene rings is 1. The van der Waals surface area contributed by atoms with Gasteiger partial charge in [0.1, 0.15) is 40.0 Å². The third kappa shape index (κ3) is 4.92. The van der Waals surface area contributed by atoms with Gasteiger partial charge in [0.05, 0.1) is 13.0 Å². The molecule has 0 saturated carbocycles. The van der Waals surface area contributed by atoms with Crippen LogP contribution >= 0.6 is 15.9 Å². The summed E-state index contributed by atoms with van der Waals surface area (Å²) in [6.07, 6.45) is -0.0235. The maximum Gasteiger partial charge on any atom is 0.269 e. The maximum absolute atomic E-state index is 13.8. The number of carbonyl (C=O) groups excluding carboxylic acids is 1. The quantitative estimate of drug-likeness (QED) is 0.577. The second kappa shape index (κ2) is 8.60. The molecule has 0 atom stereocenters. The lowest BCUT2D eigenvalue weighted by Crippen LogP contribution is -2.24. The van der Waals surface area contributed by atoms with E-state index in [1.807, 2.05) is 0 Å². The van der Waals surface area contributed by atoms with Crippen LogP contribution in [0.15, 0.2) is 50.1 Å². The highest BCUT2D eigenvalue weighted by Gasteiger charge is 2.15. The molecule has 0 aliphatic rings. The molecule has 0 radical (unpaired) electrons. The van der Waals surface area contributed by atoms with Gasteiger partial charge in [0.25, 0.3) is 5.56 Å². The minimum Gasteiger partial charge on any atom is -0.487 e. The predicted octanol–water partition coefficient (Wildman–Crippen LogP) is 3.45. The average molecular weight is 467 g/mol. The second-order valence-corrected chi connectivity index (χ2v) is 7.18. The summed E-state index contributed by atoms with van der Waals surface area (Å²) >= 11 is 3.22. The molecule has 0 aliphatic heterocycles. The Kier molecular flexibility index (Phi) is 6.17. The third-order valence-corrected chi connectivity index (χ3v) is 4.92. The van der Waals surface area contributed by atoms with E-state index in [9.17, 15) is 18.4 Å².